The Morgan fingerprint density at radius 3 is 1.97 bits per heavy atom. The molecule has 2 saturated heterocycles. The third kappa shape index (κ3) is 18.3. The Bertz CT molecular complexity index is 4920. The minimum Gasteiger partial charge on any atom is -0.508 e. The van der Waals surface area contributed by atoms with E-state index in [9.17, 15) is 69.9 Å². The number of likely N-dealkylation sites (N-methyl/N-ethyl adjacent to an activating group) is 1. The molecule has 8 heterocycles. The highest BCUT2D eigenvalue weighted by Gasteiger charge is 2.52. The average molecular weight is 1650 g/mol. The Morgan fingerprint density at radius 1 is 0.690 bits per heavy atom. The van der Waals surface area contributed by atoms with Crippen LogP contribution in [-0.4, -0.2) is 210 Å². The van der Waals surface area contributed by atoms with E-state index in [-0.39, 0.29) is 71.4 Å². The van der Waals surface area contributed by atoms with Gasteiger partial charge in [0.15, 0.2) is 23.9 Å². The van der Waals surface area contributed by atoms with Gasteiger partial charge >= 0.3 is 0 Å². The average Bonchev–Trinajstić information content (AvgIpc) is 0.856. The van der Waals surface area contributed by atoms with Gasteiger partial charge in [-0.25, -0.2) is 0 Å². The van der Waals surface area contributed by atoms with Crippen LogP contribution in [0.5, 0.6) is 46.0 Å². The summed E-state index contributed by atoms with van der Waals surface area (Å²) >= 11 is 14.3. The molecular formula is C78H88Cl2N12O24. The summed E-state index contributed by atoms with van der Waals surface area (Å²) in [5.74, 6) is -15.5. The van der Waals surface area contributed by atoms with Crippen molar-refractivity contribution in [3.8, 4) is 57.1 Å². The number of phenols is 3. The number of H-pyrrole nitrogens is 1. The highest BCUT2D eigenvalue weighted by Crippen LogP contribution is 2.50. The van der Waals surface area contributed by atoms with E-state index in [2.05, 4.69) is 52.8 Å². The van der Waals surface area contributed by atoms with Crippen LogP contribution in [0.1, 0.15) is 122 Å². The lowest BCUT2D eigenvalue weighted by Crippen LogP contribution is -2.64. The number of aliphatic hydroxyl groups is 6. The molecule has 11 bridgehead atoms. The molecule has 2 fully saturated rings. The number of aromatic nitrogens is 1. The van der Waals surface area contributed by atoms with Crippen LogP contribution in [-0.2, 0) is 52.6 Å². The zero-order chi connectivity index (χ0) is 83.6. The van der Waals surface area contributed by atoms with E-state index >= 15 is 19.2 Å². The normalized spacial score (nSPS) is 27.1. The number of amides is 9. The lowest BCUT2D eigenvalue weighted by molar-refractivity contribution is -0.333. The van der Waals surface area contributed by atoms with Gasteiger partial charge in [-0.1, -0.05) is 73.4 Å². The molecule has 6 aromatic carbocycles. The molecule has 1 aromatic heterocycles. The molecule has 7 aliphatic heterocycles. The molecule has 0 spiro atoms. The predicted octanol–water partition coefficient (Wildman–Crippen LogP) is 1.44. The summed E-state index contributed by atoms with van der Waals surface area (Å²) < 4.78 is 38.6. The second-order valence-corrected chi connectivity index (χ2v) is 30.4. The van der Waals surface area contributed by atoms with Crippen LogP contribution in [0.2, 0.25) is 10.0 Å². The molecule has 36 nitrogen and oxygen atoms in total. The number of aromatic hydroxyl groups is 3. The molecule has 14 rings (SSSR count). The number of rotatable bonds is 18. The summed E-state index contributed by atoms with van der Waals surface area (Å²) in [4.78, 5) is 137. The van der Waals surface area contributed by atoms with E-state index in [1.54, 1.807) is 24.3 Å². The number of carbonyl (C=O) groups excluding carboxylic acids is 9. The molecular weight excluding hydrogens is 1560 g/mol. The molecule has 618 valence electrons. The van der Waals surface area contributed by atoms with Gasteiger partial charge in [0.25, 0.3) is 5.91 Å². The molecule has 9 amide bonds. The standard InChI is InChI=1S/C78H88Cl2N12O24/c1-31(2)19-44(83-5)70(104)91-60-62(98)35-12-15-49(41(79)21-35)112-51-24-37-25-52(66(51)116-77-67(65(101)64(100)53(30-93)114-77)115-55-29-78(4,82)68(102)32(3)111-55)113-50-16-13-36(22-42(50)80)63(99)61-76(110)90-59(72(106)85-18-8-17-84-69(103)45-23-33-9-6-7-10-43(33)86-45)40-26-38(94)27-48(96)56(40)39-20-34(11-14-47(39)95)57(73(107)92-61)89-74(108)58(37)88-71(105)46(28-54(81)97)87-75(60)109/h6-7,9-16,20-27,31-32,44,46,53,55,57-65,67-68,77,83,86,93-96,98-102H,8,17-19,28-30,82H2,1-5H3,(H2,81,97)(H,84,103)(H,85,106)(H,87,109)(H,88,105)(H,89,108)(H,90,110)(H,91,104)(H,92,107)/t32-,44+,46-,53+,55?,57+,58?,59?,60+,61-,62+,63+,64+,65-,67+,68+,77-,78-/m0/s1. The lowest BCUT2D eigenvalue weighted by atomic mass is 9.86. The number of carbonyl (C=O) groups is 9. The number of nitrogens with one attached hydrogen (secondary N) is 10. The van der Waals surface area contributed by atoms with Crippen LogP contribution in [0.4, 0.5) is 0 Å². The second-order valence-electron chi connectivity index (χ2n) is 29.5. The van der Waals surface area contributed by atoms with Crippen molar-refractivity contribution in [1.82, 2.24) is 52.8 Å². The third-order valence-corrected chi connectivity index (χ3v) is 21.1. The van der Waals surface area contributed by atoms with Crippen molar-refractivity contribution >= 4 is 87.3 Å². The number of para-hydroxylation sites is 1. The predicted molar refractivity (Wildman–Crippen MR) is 410 cm³/mol. The maximum Gasteiger partial charge on any atom is 0.267 e. The fourth-order valence-electron chi connectivity index (χ4n) is 14.4. The van der Waals surface area contributed by atoms with Gasteiger partial charge in [0, 0.05) is 53.1 Å². The SMILES string of the molecule is CN[C@H](CC(C)C)C(=O)N[C@H]1C(=O)N[C@@H](CC(N)=O)C(=O)NC2C(=O)N[C@H]3C(=O)N[C@H](C(=O)NC(C(=O)NCCCNC(=O)c4cc5ccccc5[nH]4)c4cc(O)cc(O)c4-c4cc3ccc4O)[C@H](O)c3ccc(c(Cl)c3)Oc3cc2cc(c3O[C@@H]2O[C@H](CO)[C@@H](O)[C@H](O)[C@H]2OC2C[C@](C)(N)[C@H](O)[C@H](C)O2)Oc2ccc(cc2Cl)[C@H]1O. The molecule has 7 aliphatic rings. The topological polar surface area (TPSA) is 567 Å². The van der Waals surface area contributed by atoms with E-state index in [0.717, 1.165) is 66.0 Å². The molecule has 0 saturated carbocycles. The Balaban J connectivity index is 1.03. The first kappa shape index (κ1) is 84.4. The number of ether oxygens (including phenoxy) is 6. The number of aliphatic hydroxyl groups excluding tert-OH is 6. The van der Waals surface area contributed by atoms with E-state index in [1.807, 2.05) is 19.9 Å². The monoisotopic (exact) mass is 1650 g/mol. The van der Waals surface area contributed by atoms with Gasteiger partial charge in [0.1, 0.15) is 101 Å². The first-order valence-corrected chi connectivity index (χ1v) is 37.7. The highest BCUT2D eigenvalue weighted by molar-refractivity contribution is 6.32. The number of fused-ring (bicyclic) bond motifs is 16. The van der Waals surface area contributed by atoms with Gasteiger partial charge < -0.3 is 139 Å². The van der Waals surface area contributed by atoms with Crippen molar-refractivity contribution in [1.29, 1.82) is 0 Å². The first-order valence-electron chi connectivity index (χ1n) is 37.0. The van der Waals surface area contributed by atoms with Gasteiger partial charge in [0.05, 0.1) is 41.3 Å². The fraction of sp³-hybridized carbons (Fsp3) is 0.397. The summed E-state index contributed by atoms with van der Waals surface area (Å²) in [6.45, 7) is 5.46. The number of aromatic amines is 1. The van der Waals surface area contributed by atoms with E-state index in [4.69, 9.17) is 63.1 Å². The summed E-state index contributed by atoms with van der Waals surface area (Å²) in [6, 6.07) is 8.81. The molecule has 7 aromatic rings. The van der Waals surface area contributed by atoms with Crippen molar-refractivity contribution in [2.75, 3.05) is 26.7 Å². The van der Waals surface area contributed by atoms with Gasteiger partial charge in [-0.3, -0.25) is 43.2 Å². The van der Waals surface area contributed by atoms with E-state index in [0.29, 0.717) is 5.52 Å². The molecule has 116 heavy (non-hydrogen) atoms. The second kappa shape index (κ2) is 35.2. The Labute approximate surface area is 671 Å². The summed E-state index contributed by atoms with van der Waals surface area (Å²) in [7, 11) is 1.48. The number of phenolic OH excluding ortho intramolecular Hbond substituents is 3. The minimum atomic E-state index is -2.36. The van der Waals surface area contributed by atoms with Crippen LogP contribution >= 0.6 is 23.2 Å². The quantitative estimate of drug-likeness (QED) is 0.0540. The van der Waals surface area contributed by atoms with E-state index in [1.165, 1.54) is 39.1 Å². The lowest BCUT2D eigenvalue weighted by Gasteiger charge is -2.47. The fourth-order valence-corrected chi connectivity index (χ4v) is 14.9. The van der Waals surface area contributed by atoms with E-state index < -0.39 is 243 Å². The molecule has 18 atom stereocenters. The molecule has 0 aliphatic carbocycles. The summed E-state index contributed by atoms with van der Waals surface area (Å²) in [5, 5.41) is 129. The molecule has 0 radical (unpaired) electrons. The number of primary amides is 1. The summed E-state index contributed by atoms with van der Waals surface area (Å²) in [5.41, 5.74) is 9.37. The molecule has 23 N–H and O–H groups in total. The van der Waals surface area contributed by atoms with Gasteiger partial charge in [0.2, 0.25) is 59.3 Å². The zero-order valence-electron chi connectivity index (χ0n) is 62.8. The van der Waals surface area contributed by atoms with Crippen molar-refractivity contribution in [3.05, 3.63) is 153 Å². The van der Waals surface area contributed by atoms with Crippen molar-refractivity contribution in [2.45, 2.75) is 163 Å². The van der Waals surface area contributed by atoms with Crippen molar-refractivity contribution in [3.63, 3.8) is 0 Å². The van der Waals surface area contributed by atoms with Crippen LogP contribution in [0.3, 0.4) is 0 Å². The number of hydrogen-bond donors (Lipinski definition) is 21. The zero-order valence-corrected chi connectivity index (χ0v) is 64.3. The van der Waals surface area contributed by atoms with Crippen LogP contribution in [0, 0.1) is 5.92 Å². The smallest absolute Gasteiger partial charge is 0.267 e. The van der Waals surface area contributed by atoms with Crippen LogP contribution in [0.15, 0.2) is 109 Å². The maximum absolute atomic E-state index is 16.3. The number of hydrogen-bond acceptors (Lipinski definition) is 26. The molecule has 3 unspecified atom stereocenters. The Hall–Kier alpha value is -11.0. The third-order valence-electron chi connectivity index (χ3n) is 20.5. The highest BCUT2D eigenvalue weighted by atomic mass is 35.5. The van der Waals surface area contributed by atoms with Gasteiger partial charge in [-0.05, 0) is 134 Å². The van der Waals surface area contributed by atoms with Crippen LogP contribution < -0.4 is 73.5 Å². The Kier molecular flexibility index (Phi) is 25.6. The number of nitrogens with two attached hydrogens (primary N) is 2. The minimum absolute atomic E-state index is 0.00561. The van der Waals surface area contributed by atoms with Gasteiger partial charge in [-0.2, -0.15) is 0 Å². The van der Waals surface area contributed by atoms with Crippen LogP contribution in [0.25, 0.3) is 22.0 Å². The Morgan fingerprint density at radius 2 is 1.33 bits per heavy atom. The van der Waals surface area contributed by atoms with Crippen molar-refractivity contribution in [2.24, 2.45) is 17.4 Å². The van der Waals surface area contributed by atoms with Gasteiger partial charge in [-0.15, -0.1) is 0 Å². The number of benzene rings is 6. The summed E-state index contributed by atoms with van der Waals surface area (Å²) in [6.07, 6.45) is -18.6. The first-order chi connectivity index (χ1) is 55.1. The maximum atomic E-state index is 16.3. The largest absolute Gasteiger partial charge is 0.508 e. The molecule has 38 heteroatoms. The van der Waals surface area contributed by atoms with Crippen molar-refractivity contribution < 1.29 is 118 Å². The number of halogens is 2.